The molecule has 1 fully saturated rings. The molecule has 0 aromatic carbocycles. The minimum Gasteiger partial charge on any atom is -0.387 e. The van der Waals surface area contributed by atoms with Crippen LogP contribution in [0.15, 0.2) is 0 Å². The first-order chi connectivity index (χ1) is 9.34. The van der Waals surface area contributed by atoms with Crippen molar-refractivity contribution in [3.05, 3.63) is 0 Å². The van der Waals surface area contributed by atoms with Gasteiger partial charge in [-0.2, -0.15) is 16.8 Å². The van der Waals surface area contributed by atoms with Crippen LogP contribution in [0.5, 0.6) is 0 Å². The van der Waals surface area contributed by atoms with Crippen LogP contribution in [0.25, 0.3) is 0 Å². The first kappa shape index (κ1) is 18.6. The topological polar surface area (TPSA) is 220 Å². The molecule has 0 aromatic heterocycles. The van der Waals surface area contributed by atoms with Crippen LogP contribution < -0.4 is 4.89 Å². The van der Waals surface area contributed by atoms with Crippen LogP contribution >= 0.6 is 0 Å². The van der Waals surface area contributed by atoms with Gasteiger partial charge in [0.05, 0.1) is 0 Å². The molecule has 0 saturated carbocycles. The van der Waals surface area contributed by atoms with Crippen LogP contribution in [0.4, 0.5) is 0 Å². The third kappa shape index (κ3) is 4.76. The number of aliphatic hydroxyl groups is 4. The third-order valence-electron chi connectivity index (χ3n) is 2.46. The predicted octanol–water partition coefficient (Wildman–Crippen LogP) is -4.68. The molecule has 0 bridgehead atoms. The van der Waals surface area contributed by atoms with E-state index in [0.29, 0.717) is 0 Å². The Morgan fingerprint density at radius 3 is 1.95 bits per heavy atom. The van der Waals surface area contributed by atoms with Crippen LogP contribution in [-0.2, 0) is 30.0 Å². The molecule has 1 saturated heterocycles. The summed E-state index contributed by atoms with van der Waals surface area (Å²) in [6.07, 6.45) is -10.6. The van der Waals surface area contributed by atoms with Crippen molar-refractivity contribution in [1.29, 1.82) is 0 Å². The van der Waals surface area contributed by atoms with Crippen LogP contribution in [0, 0.1) is 0 Å². The second kappa shape index (κ2) is 6.34. The molecular weight excluding hydrogens is 342 g/mol. The summed E-state index contributed by atoms with van der Waals surface area (Å²) >= 11 is 0. The highest BCUT2D eigenvalue weighted by molar-refractivity contribution is 7.86. The molecule has 0 radical (unpaired) electrons. The first-order valence-electron chi connectivity index (χ1n) is 5.08. The SMILES string of the molecule is O=S(=O)(O)NO[C@H]1O[C@H](C(O)S(=O)(=O)O)[C@@H](O)[C@H](O)[C@H]1O. The summed E-state index contributed by atoms with van der Waals surface area (Å²) in [4.78, 5) is 5.16. The Bertz CT molecular complexity index is 558. The van der Waals surface area contributed by atoms with Gasteiger partial charge in [0.25, 0.3) is 10.1 Å². The lowest BCUT2D eigenvalue weighted by Crippen LogP contribution is -2.63. The zero-order chi connectivity index (χ0) is 16.6. The normalized spacial score (nSPS) is 36.4. The number of ether oxygens (including phenoxy) is 1. The van der Waals surface area contributed by atoms with Crippen molar-refractivity contribution >= 4 is 20.4 Å². The summed E-state index contributed by atoms with van der Waals surface area (Å²) < 4.78 is 63.9. The summed E-state index contributed by atoms with van der Waals surface area (Å²) in [5.74, 6) is 0. The van der Waals surface area contributed by atoms with Gasteiger partial charge in [-0.3, -0.25) is 13.9 Å². The molecule has 0 aromatic rings. The second-order valence-electron chi connectivity index (χ2n) is 4.02. The van der Waals surface area contributed by atoms with E-state index in [1.165, 1.54) is 0 Å². The highest BCUT2D eigenvalue weighted by Gasteiger charge is 2.50. The lowest BCUT2D eigenvalue weighted by molar-refractivity contribution is -0.312. The fourth-order valence-corrected chi connectivity index (χ4v) is 2.26. The molecule has 0 amide bonds. The molecule has 1 heterocycles. The van der Waals surface area contributed by atoms with E-state index in [4.69, 9.17) is 9.11 Å². The van der Waals surface area contributed by atoms with Crippen molar-refractivity contribution in [2.45, 2.75) is 36.1 Å². The van der Waals surface area contributed by atoms with Gasteiger partial charge in [-0.1, -0.05) is 4.89 Å². The highest BCUT2D eigenvalue weighted by atomic mass is 32.2. The quantitative estimate of drug-likeness (QED) is 0.183. The molecule has 1 aliphatic heterocycles. The minimum absolute atomic E-state index is 1.01. The third-order valence-corrected chi connectivity index (χ3v) is 3.65. The van der Waals surface area contributed by atoms with Crippen molar-refractivity contribution in [3.63, 3.8) is 0 Å². The molecule has 126 valence electrons. The van der Waals surface area contributed by atoms with Gasteiger partial charge < -0.3 is 25.2 Å². The lowest BCUT2D eigenvalue weighted by Gasteiger charge is -2.40. The molecule has 15 heteroatoms. The van der Waals surface area contributed by atoms with Crippen molar-refractivity contribution in [2.75, 3.05) is 0 Å². The maximum atomic E-state index is 10.8. The number of nitrogens with one attached hydrogen (secondary N) is 1. The van der Waals surface area contributed by atoms with Gasteiger partial charge in [-0.25, -0.2) is 0 Å². The van der Waals surface area contributed by atoms with E-state index in [2.05, 4.69) is 9.57 Å². The lowest BCUT2D eigenvalue weighted by atomic mass is 9.99. The Morgan fingerprint density at radius 2 is 1.52 bits per heavy atom. The smallest absolute Gasteiger partial charge is 0.355 e. The maximum Gasteiger partial charge on any atom is 0.355 e. The Hall–Kier alpha value is -0.460. The Labute approximate surface area is 118 Å². The van der Waals surface area contributed by atoms with Crippen LogP contribution in [-0.4, -0.2) is 82.5 Å². The summed E-state index contributed by atoms with van der Waals surface area (Å²) in [5, 5.41) is 37.6. The van der Waals surface area contributed by atoms with E-state index in [-0.39, 0.29) is 0 Å². The fraction of sp³-hybridized carbons (Fsp3) is 1.00. The predicted molar refractivity (Wildman–Crippen MR) is 60.0 cm³/mol. The standard InChI is InChI=1S/C6H13NO12S2/c8-1-2(9)4(5(11)20(12,13)14)18-6(3(1)10)19-7-21(15,16)17/h1-11H,(H,12,13,14)(H,15,16,17)/t1-,2-,3+,4-,5?,6+/m0/s1. The van der Waals surface area contributed by atoms with E-state index in [1.54, 1.807) is 0 Å². The monoisotopic (exact) mass is 355 g/mol. The zero-order valence-corrected chi connectivity index (χ0v) is 11.5. The summed E-state index contributed by atoms with van der Waals surface area (Å²) in [6.45, 7) is 0. The molecule has 1 aliphatic rings. The molecular formula is C6H13NO12S2. The van der Waals surface area contributed by atoms with Gasteiger partial charge in [-0.05, 0) is 0 Å². The van der Waals surface area contributed by atoms with Gasteiger partial charge in [0.15, 0.2) is 0 Å². The van der Waals surface area contributed by atoms with Gasteiger partial charge in [0.2, 0.25) is 11.7 Å². The van der Waals surface area contributed by atoms with Gasteiger partial charge >= 0.3 is 10.3 Å². The number of rotatable bonds is 5. The molecule has 0 aliphatic carbocycles. The van der Waals surface area contributed by atoms with Gasteiger partial charge in [-0.15, -0.1) is 0 Å². The summed E-state index contributed by atoms with van der Waals surface area (Å²) in [7, 11) is -9.99. The first-order valence-corrected chi connectivity index (χ1v) is 8.03. The molecule has 1 rings (SSSR count). The van der Waals surface area contributed by atoms with Gasteiger partial charge in [0, 0.05) is 0 Å². The van der Waals surface area contributed by atoms with Crippen molar-refractivity contribution in [3.8, 4) is 0 Å². The second-order valence-corrected chi connectivity index (χ2v) is 6.65. The van der Waals surface area contributed by atoms with Crippen molar-refractivity contribution in [1.82, 2.24) is 4.89 Å². The maximum absolute atomic E-state index is 10.8. The van der Waals surface area contributed by atoms with Gasteiger partial charge in [0.1, 0.15) is 24.4 Å². The molecule has 21 heavy (non-hydrogen) atoms. The number of aliphatic hydroxyl groups excluding tert-OH is 4. The fourth-order valence-electron chi connectivity index (χ4n) is 1.48. The average molecular weight is 355 g/mol. The number of hydrogen-bond acceptors (Lipinski definition) is 10. The number of hydrogen-bond donors (Lipinski definition) is 7. The average Bonchev–Trinajstić information content (AvgIpc) is 2.32. The summed E-state index contributed by atoms with van der Waals surface area (Å²) in [5.41, 5.74) is -2.72. The Morgan fingerprint density at radius 1 is 1.00 bits per heavy atom. The van der Waals surface area contributed by atoms with Crippen molar-refractivity contribution in [2.24, 2.45) is 0 Å². The van der Waals surface area contributed by atoms with Crippen molar-refractivity contribution < 1.29 is 55.9 Å². The van der Waals surface area contributed by atoms with Crippen LogP contribution in [0.2, 0.25) is 0 Å². The largest absolute Gasteiger partial charge is 0.387 e. The van der Waals surface area contributed by atoms with E-state index < -0.39 is 56.6 Å². The Kier molecular flexibility index (Phi) is 5.61. The van der Waals surface area contributed by atoms with E-state index >= 15 is 0 Å². The van der Waals surface area contributed by atoms with Crippen LogP contribution in [0.1, 0.15) is 0 Å². The van der Waals surface area contributed by atoms with E-state index in [0.717, 1.165) is 4.89 Å². The Balaban J connectivity index is 2.93. The minimum atomic E-state index is -5.11. The zero-order valence-electron chi connectivity index (χ0n) is 9.91. The molecule has 0 spiro atoms. The highest BCUT2D eigenvalue weighted by Crippen LogP contribution is 2.25. The van der Waals surface area contributed by atoms with Crippen LogP contribution in [0.3, 0.4) is 0 Å². The van der Waals surface area contributed by atoms with E-state index in [9.17, 15) is 37.3 Å². The molecule has 7 N–H and O–H groups in total. The molecule has 1 unspecified atom stereocenters. The van der Waals surface area contributed by atoms with E-state index in [1.807, 2.05) is 0 Å². The molecule has 6 atom stereocenters. The summed E-state index contributed by atoms with van der Waals surface area (Å²) in [6, 6.07) is 0. The molecule has 13 nitrogen and oxygen atoms in total.